The summed E-state index contributed by atoms with van der Waals surface area (Å²) in [6.45, 7) is 6.78. The van der Waals surface area contributed by atoms with Crippen molar-refractivity contribution in [3.8, 4) is 0 Å². The van der Waals surface area contributed by atoms with E-state index in [0.717, 1.165) is 26.2 Å². The van der Waals surface area contributed by atoms with Crippen molar-refractivity contribution in [3.05, 3.63) is 0 Å². The predicted molar refractivity (Wildman–Crippen MR) is 52.5 cm³/mol. The number of rotatable bonds is 0. The molecule has 3 heteroatoms. The van der Waals surface area contributed by atoms with Crippen LogP contribution in [0.25, 0.3) is 0 Å². The molecule has 0 amide bonds. The molecular formula is C9H21N3. The second-order valence-electron chi connectivity index (χ2n) is 3.31. The van der Waals surface area contributed by atoms with Gasteiger partial charge in [-0.2, -0.15) is 0 Å². The maximum atomic E-state index is 3.42. The summed E-state index contributed by atoms with van der Waals surface area (Å²) in [6.07, 6.45) is 4.00. The van der Waals surface area contributed by atoms with E-state index in [4.69, 9.17) is 0 Å². The van der Waals surface area contributed by atoms with Crippen LogP contribution < -0.4 is 16.0 Å². The second-order valence-corrected chi connectivity index (χ2v) is 3.31. The summed E-state index contributed by atoms with van der Waals surface area (Å²) in [6, 6.07) is 0. The van der Waals surface area contributed by atoms with Gasteiger partial charge in [0.05, 0.1) is 0 Å². The van der Waals surface area contributed by atoms with Gasteiger partial charge in [0.25, 0.3) is 0 Å². The summed E-state index contributed by atoms with van der Waals surface area (Å²) in [5.41, 5.74) is 0. The average molecular weight is 171 g/mol. The maximum absolute atomic E-state index is 3.42. The van der Waals surface area contributed by atoms with Crippen molar-refractivity contribution in [1.82, 2.24) is 16.0 Å². The fourth-order valence-corrected chi connectivity index (χ4v) is 1.41. The predicted octanol–water partition coefficient (Wildman–Crippen LogP) is -0.0609. The lowest BCUT2D eigenvalue weighted by molar-refractivity contribution is 0.527. The molecule has 1 aliphatic rings. The fourth-order valence-electron chi connectivity index (χ4n) is 1.41. The Bertz CT molecular complexity index is 52.8. The van der Waals surface area contributed by atoms with Gasteiger partial charge in [0.15, 0.2) is 0 Å². The van der Waals surface area contributed by atoms with Gasteiger partial charge in [0, 0.05) is 26.2 Å². The van der Waals surface area contributed by atoms with Gasteiger partial charge in [-0.3, -0.25) is 0 Å². The molecule has 1 aliphatic heterocycles. The summed E-state index contributed by atoms with van der Waals surface area (Å²) in [4.78, 5) is 0. The molecule has 0 saturated carbocycles. The molecule has 0 spiro atoms. The molecule has 0 atom stereocenters. The zero-order chi connectivity index (χ0) is 8.49. The van der Waals surface area contributed by atoms with Gasteiger partial charge in [-0.15, -0.1) is 0 Å². The van der Waals surface area contributed by atoms with Gasteiger partial charge in [-0.25, -0.2) is 0 Å². The number of nitrogens with one attached hydrogen (secondary N) is 3. The van der Waals surface area contributed by atoms with Gasteiger partial charge in [0.2, 0.25) is 0 Å². The summed E-state index contributed by atoms with van der Waals surface area (Å²) >= 11 is 0. The Balaban J connectivity index is 2.00. The smallest absolute Gasteiger partial charge is 0.00772 e. The van der Waals surface area contributed by atoms with Crippen LogP contribution in [0.2, 0.25) is 0 Å². The third-order valence-electron chi connectivity index (χ3n) is 2.16. The third kappa shape index (κ3) is 5.52. The molecule has 1 saturated heterocycles. The molecule has 0 aromatic heterocycles. The minimum Gasteiger partial charge on any atom is -0.315 e. The lowest BCUT2D eigenvalue weighted by Crippen LogP contribution is -2.34. The van der Waals surface area contributed by atoms with E-state index in [0.29, 0.717) is 0 Å². The topological polar surface area (TPSA) is 36.1 Å². The largest absolute Gasteiger partial charge is 0.315 e. The Morgan fingerprint density at radius 2 is 0.833 bits per heavy atom. The van der Waals surface area contributed by atoms with E-state index in [1.807, 2.05) is 0 Å². The van der Waals surface area contributed by atoms with Crippen LogP contribution in [0.3, 0.4) is 0 Å². The molecule has 1 heterocycles. The molecule has 3 nitrogen and oxygen atoms in total. The van der Waals surface area contributed by atoms with Crippen LogP contribution in [0.1, 0.15) is 19.3 Å². The number of hydrogen-bond acceptors (Lipinski definition) is 3. The zero-order valence-electron chi connectivity index (χ0n) is 7.86. The zero-order valence-corrected chi connectivity index (χ0v) is 7.86. The Kier molecular flexibility index (Phi) is 6.25. The van der Waals surface area contributed by atoms with Crippen LogP contribution in [0.15, 0.2) is 0 Å². The van der Waals surface area contributed by atoms with Crippen LogP contribution in [0.4, 0.5) is 0 Å². The van der Waals surface area contributed by atoms with Crippen molar-refractivity contribution >= 4 is 0 Å². The van der Waals surface area contributed by atoms with Crippen LogP contribution in [-0.2, 0) is 0 Å². The average Bonchev–Trinajstić information content (AvgIpc) is 2.05. The van der Waals surface area contributed by atoms with Crippen molar-refractivity contribution in [1.29, 1.82) is 0 Å². The van der Waals surface area contributed by atoms with Crippen molar-refractivity contribution < 1.29 is 0 Å². The molecule has 0 aromatic rings. The van der Waals surface area contributed by atoms with Gasteiger partial charge < -0.3 is 16.0 Å². The Morgan fingerprint density at radius 3 is 1.33 bits per heavy atom. The monoisotopic (exact) mass is 171 g/mol. The Labute approximate surface area is 75.3 Å². The molecule has 12 heavy (non-hydrogen) atoms. The third-order valence-corrected chi connectivity index (χ3v) is 2.16. The molecule has 0 radical (unpaired) electrons. The molecule has 0 aliphatic carbocycles. The van der Waals surface area contributed by atoms with Crippen LogP contribution in [0, 0.1) is 0 Å². The SMILES string of the molecule is C1CCNCCNCCNCC1. The van der Waals surface area contributed by atoms with E-state index < -0.39 is 0 Å². The van der Waals surface area contributed by atoms with Gasteiger partial charge in [-0.1, -0.05) is 6.42 Å². The van der Waals surface area contributed by atoms with Crippen molar-refractivity contribution in [2.45, 2.75) is 19.3 Å². The van der Waals surface area contributed by atoms with E-state index >= 15 is 0 Å². The van der Waals surface area contributed by atoms with E-state index in [-0.39, 0.29) is 0 Å². The van der Waals surface area contributed by atoms with Crippen LogP contribution in [0.5, 0.6) is 0 Å². The minimum absolute atomic E-state index is 1.10. The molecule has 0 unspecified atom stereocenters. The van der Waals surface area contributed by atoms with E-state index in [1.165, 1.54) is 32.4 Å². The van der Waals surface area contributed by atoms with Crippen molar-refractivity contribution in [2.75, 3.05) is 39.3 Å². The summed E-state index contributed by atoms with van der Waals surface area (Å²) in [5, 5.41) is 10.2. The molecular weight excluding hydrogens is 150 g/mol. The van der Waals surface area contributed by atoms with E-state index in [9.17, 15) is 0 Å². The molecule has 0 bridgehead atoms. The highest BCUT2D eigenvalue weighted by atomic mass is 15.0. The van der Waals surface area contributed by atoms with Crippen LogP contribution >= 0.6 is 0 Å². The lowest BCUT2D eigenvalue weighted by Gasteiger charge is -2.10. The molecule has 3 N–H and O–H groups in total. The minimum atomic E-state index is 1.10. The summed E-state index contributed by atoms with van der Waals surface area (Å²) in [7, 11) is 0. The highest BCUT2D eigenvalue weighted by molar-refractivity contribution is 4.57. The normalized spacial score (nSPS) is 24.0. The fraction of sp³-hybridized carbons (Fsp3) is 1.00. The highest BCUT2D eigenvalue weighted by Crippen LogP contribution is 1.91. The number of hydrogen-bond donors (Lipinski definition) is 3. The Hall–Kier alpha value is -0.120. The van der Waals surface area contributed by atoms with E-state index in [1.54, 1.807) is 0 Å². The highest BCUT2D eigenvalue weighted by Gasteiger charge is 1.93. The molecule has 1 fully saturated rings. The van der Waals surface area contributed by atoms with Gasteiger partial charge >= 0.3 is 0 Å². The summed E-state index contributed by atoms with van der Waals surface area (Å²) < 4.78 is 0. The summed E-state index contributed by atoms with van der Waals surface area (Å²) in [5.74, 6) is 0. The first-order valence-corrected chi connectivity index (χ1v) is 5.12. The van der Waals surface area contributed by atoms with Crippen molar-refractivity contribution in [2.24, 2.45) is 0 Å². The van der Waals surface area contributed by atoms with E-state index in [2.05, 4.69) is 16.0 Å². The first kappa shape index (κ1) is 9.96. The Morgan fingerprint density at radius 1 is 0.417 bits per heavy atom. The van der Waals surface area contributed by atoms with Crippen molar-refractivity contribution in [3.63, 3.8) is 0 Å². The molecule has 1 rings (SSSR count). The molecule has 0 aromatic carbocycles. The van der Waals surface area contributed by atoms with Gasteiger partial charge in [-0.05, 0) is 25.9 Å². The maximum Gasteiger partial charge on any atom is 0.00772 e. The first-order valence-electron chi connectivity index (χ1n) is 5.12. The van der Waals surface area contributed by atoms with Gasteiger partial charge in [0.1, 0.15) is 0 Å². The van der Waals surface area contributed by atoms with Crippen LogP contribution in [-0.4, -0.2) is 39.3 Å². The first-order chi connectivity index (χ1) is 6.00. The lowest BCUT2D eigenvalue weighted by atomic mass is 10.2. The molecule has 72 valence electrons. The quantitative estimate of drug-likeness (QED) is 0.478. The standard InChI is InChI=1S/C9H21N3/c1-2-4-10-6-8-12-9-7-11-5-3-1/h10-12H,1-9H2. The second kappa shape index (κ2) is 7.53.